The van der Waals surface area contributed by atoms with Crippen molar-refractivity contribution in [1.82, 2.24) is 15.6 Å². The summed E-state index contributed by atoms with van der Waals surface area (Å²) in [5.74, 6) is -0.409. The number of hydrogen-bond acceptors (Lipinski definition) is 2. The first kappa shape index (κ1) is 21.3. The number of guanidine groups is 1. The third-order valence-corrected chi connectivity index (χ3v) is 3.44. The van der Waals surface area contributed by atoms with Crippen LogP contribution in [0.3, 0.4) is 0 Å². The van der Waals surface area contributed by atoms with Gasteiger partial charge in [-0.3, -0.25) is 9.98 Å². The fourth-order valence-electron chi connectivity index (χ4n) is 2.25. The summed E-state index contributed by atoms with van der Waals surface area (Å²) in [6.07, 6.45) is 2.74. The number of aliphatic imine (C=N–C) groups is 1. The molecule has 0 saturated carbocycles. The Hall–Kier alpha value is -1.77. The zero-order valence-electron chi connectivity index (χ0n) is 14.1. The Labute approximate surface area is 164 Å². The van der Waals surface area contributed by atoms with Crippen molar-refractivity contribution in [3.8, 4) is 0 Å². The highest BCUT2D eigenvalue weighted by Crippen LogP contribution is 2.11. The summed E-state index contributed by atoms with van der Waals surface area (Å²) in [6.45, 7) is 3.66. The van der Waals surface area contributed by atoms with Crippen LogP contribution in [-0.4, -0.2) is 30.6 Å². The van der Waals surface area contributed by atoms with Gasteiger partial charge >= 0.3 is 0 Å². The number of rotatable bonds is 7. The van der Waals surface area contributed by atoms with Crippen molar-refractivity contribution in [1.29, 1.82) is 0 Å². The van der Waals surface area contributed by atoms with E-state index in [1.807, 2.05) is 25.1 Å². The zero-order valence-corrected chi connectivity index (χ0v) is 16.5. The van der Waals surface area contributed by atoms with Crippen molar-refractivity contribution in [2.45, 2.75) is 19.8 Å². The molecule has 0 aliphatic carbocycles. The molecule has 0 radical (unpaired) electrons. The molecule has 2 rings (SSSR count). The van der Waals surface area contributed by atoms with E-state index in [2.05, 4.69) is 20.6 Å². The highest BCUT2D eigenvalue weighted by atomic mass is 127. The number of benzene rings is 1. The van der Waals surface area contributed by atoms with Gasteiger partial charge in [-0.15, -0.1) is 24.0 Å². The van der Waals surface area contributed by atoms with Gasteiger partial charge in [-0.1, -0.05) is 12.1 Å². The molecule has 0 amide bonds. The Morgan fingerprint density at radius 1 is 1.04 bits per heavy atom. The molecule has 0 atom stereocenters. The molecule has 0 fully saturated rings. The third kappa shape index (κ3) is 7.33. The maximum Gasteiger partial charge on any atom is 0.191 e. The van der Waals surface area contributed by atoms with Crippen LogP contribution >= 0.6 is 24.0 Å². The summed E-state index contributed by atoms with van der Waals surface area (Å²) in [7, 11) is 0. The molecule has 0 aliphatic rings. The second-order valence-electron chi connectivity index (χ2n) is 5.21. The molecule has 7 heteroatoms. The first-order chi connectivity index (χ1) is 11.7. The van der Waals surface area contributed by atoms with Crippen LogP contribution in [0.2, 0.25) is 0 Å². The summed E-state index contributed by atoms with van der Waals surface area (Å²) in [5.41, 5.74) is 1.07. The molecule has 1 aromatic carbocycles. The minimum Gasteiger partial charge on any atom is -0.357 e. The van der Waals surface area contributed by atoms with Crippen LogP contribution in [0.15, 0.2) is 47.6 Å². The van der Waals surface area contributed by atoms with Crippen LogP contribution in [0.4, 0.5) is 8.78 Å². The van der Waals surface area contributed by atoms with Crippen molar-refractivity contribution in [3.05, 3.63) is 65.5 Å². The van der Waals surface area contributed by atoms with E-state index in [1.165, 1.54) is 18.2 Å². The average Bonchev–Trinajstić information content (AvgIpc) is 2.58. The zero-order chi connectivity index (χ0) is 17.2. The van der Waals surface area contributed by atoms with Crippen LogP contribution in [-0.2, 0) is 12.8 Å². The van der Waals surface area contributed by atoms with Crippen LogP contribution in [0.5, 0.6) is 0 Å². The van der Waals surface area contributed by atoms with Gasteiger partial charge in [0.15, 0.2) is 5.96 Å². The molecule has 0 saturated heterocycles. The number of pyridine rings is 1. The summed E-state index contributed by atoms with van der Waals surface area (Å²) < 4.78 is 27.2. The molecule has 0 aliphatic heterocycles. The molecule has 4 nitrogen and oxygen atoms in total. The molecule has 0 unspecified atom stereocenters. The number of halogens is 3. The first-order valence-electron chi connectivity index (χ1n) is 8.05. The molecule has 136 valence electrons. The van der Waals surface area contributed by atoms with Crippen LogP contribution < -0.4 is 10.6 Å². The monoisotopic (exact) mass is 460 g/mol. The van der Waals surface area contributed by atoms with E-state index < -0.39 is 11.6 Å². The Kier molecular flexibility index (Phi) is 9.98. The average molecular weight is 460 g/mol. The molecule has 2 N–H and O–H groups in total. The van der Waals surface area contributed by atoms with E-state index in [0.29, 0.717) is 25.6 Å². The maximum absolute atomic E-state index is 13.6. The van der Waals surface area contributed by atoms with Gasteiger partial charge in [0, 0.05) is 43.5 Å². The molecule has 25 heavy (non-hydrogen) atoms. The van der Waals surface area contributed by atoms with Crippen molar-refractivity contribution in [3.63, 3.8) is 0 Å². The highest BCUT2D eigenvalue weighted by molar-refractivity contribution is 14.0. The number of nitrogens with zero attached hydrogens (tertiary/aromatic N) is 2. The van der Waals surface area contributed by atoms with Gasteiger partial charge in [0.25, 0.3) is 0 Å². The molecule has 0 spiro atoms. The normalized spacial score (nSPS) is 10.9. The van der Waals surface area contributed by atoms with E-state index in [1.54, 1.807) is 6.20 Å². The molecule has 1 heterocycles. The van der Waals surface area contributed by atoms with E-state index in [4.69, 9.17) is 0 Å². The van der Waals surface area contributed by atoms with Gasteiger partial charge in [0.1, 0.15) is 11.6 Å². The van der Waals surface area contributed by atoms with Crippen molar-refractivity contribution in [2.75, 3.05) is 19.6 Å². The predicted molar refractivity (Wildman–Crippen MR) is 107 cm³/mol. The third-order valence-electron chi connectivity index (χ3n) is 3.44. The van der Waals surface area contributed by atoms with Crippen molar-refractivity contribution >= 4 is 29.9 Å². The molecule has 2 aromatic rings. The Bertz CT molecular complexity index is 645. The van der Waals surface area contributed by atoms with E-state index in [9.17, 15) is 8.78 Å². The van der Waals surface area contributed by atoms with Crippen LogP contribution in [0.25, 0.3) is 0 Å². The smallest absolute Gasteiger partial charge is 0.191 e. The molecular formula is C18H23F2IN4. The van der Waals surface area contributed by atoms with Gasteiger partial charge in [-0.2, -0.15) is 0 Å². The van der Waals surface area contributed by atoms with E-state index in [0.717, 1.165) is 12.1 Å². The summed E-state index contributed by atoms with van der Waals surface area (Å²) >= 11 is 0. The number of nitrogens with one attached hydrogen (secondary N) is 2. The lowest BCUT2D eigenvalue weighted by Crippen LogP contribution is -2.38. The van der Waals surface area contributed by atoms with Crippen LogP contribution in [0.1, 0.15) is 18.2 Å². The lowest BCUT2D eigenvalue weighted by Gasteiger charge is -2.12. The summed E-state index contributed by atoms with van der Waals surface area (Å²) in [4.78, 5) is 8.70. The predicted octanol–water partition coefficient (Wildman–Crippen LogP) is 3.32. The highest BCUT2D eigenvalue weighted by Gasteiger charge is 2.08. The molecule has 0 bridgehead atoms. The maximum atomic E-state index is 13.6. The topological polar surface area (TPSA) is 49.3 Å². The largest absolute Gasteiger partial charge is 0.357 e. The number of hydrogen-bond donors (Lipinski definition) is 2. The molecular weight excluding hydrogens is 437 g/mol. The van der Waals surface area contributed by atoms with Crippen molar-refractivity contribution < 1.29 is 8.78 Å². The fraction of sp³-hybridized carbons (Fsp3) is 0.333. The quantitative estimate of drug-likeness (QED) is 0.379. The first-order valence-corrected chi connectivity index (χ1v) is 8.05. The lowest BCUT2D eigenvalue weighted by molar-refractivity contribution is 0.553. The second-order valence-corrected chi connectivity index (χ2v) is 5.21. The minimum absolute atomic E-state index is 0. The Morgan fingerprint density at radius 3 is 2.44 bits per heavy atom. The number of aromatic nitrogens is 1. The lowest BCUT2D eigenvalue weighted by atomic mass is 10.1. The standard InChI is InChI=1S/C18H22F2N4.HI/c1-2-21-18(23-12-9-14-6-3-4-11-22-14)24-13-10-15-16(19)7-5-8-17(15)20;/h3-8,11H,2,9-10,12-13H2,1H3,(H2,21,23,24);1H. The summed E-state index contributed by atoms with van der Waals surface area (Å²) in [6, 6.07) is 9.68. The van der Waals surface area contributed by atoms with E-state index >= 15 is 0 Å². The Balaban J connectivity index is 0.00000312. The van der Waals surface area contributed by atoms with Crippen LogP contribution in [0, 0.1) is 11.6 Å². The van der Waals surface area contributed by atoms with Gasteiger partial charge in [-0.25, -0.2) is 8.78 Å². The second kappa shape index (κ2) is 11.7. The van der Waals surface area contributed by atoms with Gasteiger partial charge in [0.2, 0.25) is 0 Å². The van der Waals surface area contributed by atoms with Crippen molar-refractivity contribution in [2.24, 2.45) is 4.99 Å². The Morgan fingerprint density at radius 2 is 1.80 bits per heavy atom. The van der Waals surface area contributed by atoms with E-state index in [-0.39, 0.29) is 36.0 Å². The summed E-state index contributed by atoms with van der Waals surface area (Å²) in [5, 5.41) is 6.21. The fourth-order valence-corrected chi connectivity index (χ4v) is 2.25. The minimum atomic E-state index is -0.520. The van der Waals surface area contributed by atoms with Gasteiger partial charge < -0.3 is 10.6 Å². The molecule has 1 aromatic heterocycles. The SMILES string of the molecule is CCNC(=NCCc1ccccn1)NCCc1c(F)cccc1F.I. The van der Waals surface area contributed by atoms with Gasteiger partial charge in [0.05, 0.1) is 0 Å². The van der Waals surface area contributed by atoms with Gasteiger partial charge in [-0.05, 0) is 37.6 Å².